The molecule has 0 saturated carbocycles. The van der Waals surface area contributed by atoms with Crippen LogP contribution in [0, 0.1) is 10.1 Å². The Morgan fingerprint density at radius 2 is 1.89 bits per heavy atom. The van der Waals surface area contributed by atoms with E-state index in [4.69, 9.17) is 11.6 Å². The molecule has 1 N–H and O–H groups in total. The lowest BCUT2D eigenvalue weighted by Crippen LogP contribution is -2.21. The van der Waals surface area contributed by atoms with Crippen molar-refractivity contribution in [3.05, 3.63) is 68.7 Å². The number of halogens is 4. The van der Waals surface area contributed by atoms with E-state index in [2.05, 4.69) is 10.1 Å². The van der Waals surface area contributed by atoms with Crippen LogP contribution in [0.4, 0.5) is 24.5 Å². The average Bonchev–Trinajstić information content (AvgIpc) is 2.58. The summed E-state index contributed by atoms with van der Waals surface area (Å²) in [4.78, 5) is 33.8. The Balaban J connectivity index is 2.03. The lowest BCUT2D eigenvalue weighted by Gasteiger charge is -2.10. The number of hydrogen-bond acceptors (Lipinski definition) is 5. The van der Waals surface area contributed by atoms with E-state index in [1.54, 1.807) is 0 Å². The lowest BCUT2D eigenvalue weighted by molar-refractivity contribution is -0.385. The van der Waals surface area contributed by atoms with E-state index in [9.17, 15) is 32.9 Å². The summed E-state index contributed by atoms with van der Waals surface area (Å²) in [5.41, 5.74) is -2.14. The van der Waals surface area contributed by atoms with Crippen LogP contribution in [0.5, 0.6) is 0 Å². The molecule has 0 aliphatic heterocycles. The number of hydrogen-bond donors (Lipinski definition) is 1. The van der Waals surface area contributed by atoms with Gasteiger partial charge in [0.15, 0.2) is 6.61 Å². The molecule has 27 heavy (non-hydrogen) atoms. The number of amides is 1. The topological polar surface area (TPSA) is 98.5 Å². The third kappa shape index (κ3) is 5.42. The number of alkyl halides is 3. The molecule has 1 amide bonds. The molecule has 0 aliphatic carbocycles. The number of carbonyl (C=O) groups is 2. The molecule has 0 atom stereocenters. The van der Waals surface area contributed by atoms with Crippen LogP contribution in [-0.4, -0.2) is 23.4 Å². The highest BCUT2D eigenvalue weighted by atomic mass is 35.5. The maximum atomic E-state index is 12.6. The minimum Gasteiger partial charge on any atom is -0.452 e. The summed E-state index contributed by atoms with van der Waals surface area (Å²) in [7, 11) is 0. The van der Waals surface area contributed by atoms with Crippen LogP contribution in [0.2, 0.25) is 5.02 Å². The van der Waals surface area contributed by atoms with Gasteiger partial charge in [-0.15, -0.1) is 0 Å². The highest BCUT2D eigenvalue weighted by Crippen LogP contribution is 2.30. The van der Waals surface area contributed by atoms with Gasteiger partial charge >= 0.3 is 12.1 Å². The second-order valence-corrected chi connectivity index (χ2v) is 5.56. The SMILES string of the molecule is O=C(COC(=O)c1cc(Cl)ccc1[N+](=O)[O-])Nc1cccc(C(F)(F)F)c1. The van der Waals surface area contributed by atoms with Gasteiger partial charge in [-0.05, 0) is 30.3 Å². The van der Waals surface area contributed by atoms with E-state index < -0.39 is 46.4 Å². The Hall–Kier alpha value is -3.14. The Morgan fingerprint density at radius 1 is 1.19 bits per heavy atom. The quantitative estimate of drug-likeness (QED) is 0.462. The standard InChI is InChI=1S/C16H10ClF3N2O5/c17-10-4-5-13(22(25)26)12(7-10)15(24)27-8-14(23)21-11-3-1-2-9(6-11)16(18,19)20/h1-7H,8H2,(H,21,23). The van der Waals surface area contributed by atoms with Crippen molar-refractivity contribution in [2.45, 2.75) is 6.18 Å². The van der Waals surface area contributed by atoms with Gasteiger partial charge < -0.3 is 10.1 Å². The minimum absolute atomic E-state index is 0.0426. The molecule has 2 aromatic rings. The zero-order valence-electron chi connectivity index (χ0n) is 13.2. The van der Waals surface area contributed by atoms with Gasteiger partial charge in [0.25, 0.3) is 11.6 Å². The van der Waals surface area contributed by atoms with Crippen LogP contribution < -0.4 is 5.32 Å². The number of ether oxygens (including phenoxy) is 1. The third-order valence-corrected chi connectivity index (χ3v) is 3.42. The first kappa shape index (κ1) is 20.2. The number of benzene rings is 2. The van der Waals surface area contributed by atoms with Gasteiger partial charge in [-0.25, -0.2) is 4.79 Å². The van der Waals surface area contributed by atoms with E-state index in [1.165, 1.54) is 12.1 Å². The fraction of sp³-hybridized carbons (Fsp3) is 0.125. The largest absolute Gasteiger partial charge is 0.452 e. The summed E-state index contributed by atoms with van der Waals surface area (Å²) in [5.74, 6) is -2.10. The van der Waals surface area contributed by atoms with E-state index in [0.717, 1.165) is 24.3 Å². The average molecular weight is 403 g/mol. The minimum atomic E-state index is -4.58. The molecular formula is C16H10ClF3N2O5. The van der Waals surface area contributed by atoms with Crippen LogP contribution >= 0.6 is 11.6 Å². The first-order valence-corrected chi connectivity index (χ1v) is 7.54. The molecule has 7 nitrogen and oxygen atoms in total. The number of anilines is 1. The molecule has 0 radical (unpaired) electrons. The van der Waals surface area contributed by atoms with Crippen molar-refractivity contribution in [1.29, 1.82) is 0 Å². The molecular weight excluding hydrogens is 393 g/mol. The Morgan fingerprint density at radius 3 is 2.52 bits per heavy atom. The molecule has 0 saturated heterocycles. The maximum Gasteiger partial charge on any atom is 0.416 e. The number of nitro benzene ring substituents is 1. The predicted octanol–water partition coefficient (Wildman–Crippen LogP) is 4.06. The number of nitrogens with zero attached hydrogens (tertiary/aromatic N) is 1. The summed E-state index contributed by atoms with van der Waals surface area (Å²) in [6, 6.07) is 7.07. The Labute approximate surface area is 154 Å². The molecule has 0 unspecified atom stereocenters. The summed E-state index contributed by atoms with van der Waals surface area (Å²) < 4.78 is 42.6. The van der Waals surface area contributed by atoms with Crippen molar-refractivity contribution >= 4 is 34.9 Å². The highest BCUT2D eigenvalue weighted by Gasteiger charge is 2.30. The smallest absolute Gasteiger partial charge is 0.416 e. The van der Waals surface area contributed by atoms with Gasteiger partial charge in [0.2, 0.25) is 0 Å². The Kier molecular flexibility index (Phi) is 6.01. The molecule has 0 spiro atoms. The number of nitro groups is 1. The van der Waals surface area contributed by atoms with E-state index in [1.807, 2.05) is 0 Å². The summed E-state index contributed by atoms with van der Waals surface area (Å²) >= 11 is 5.69. The van der Waals surface area contributed by atoms with Crippen molar-refractivity contribution in [3.63, 3.8) is 0 Å². The van der Waals surface area contributed by atoms with Gasteiger partial charge in [0, 0.05) is 16.8 Å². The van der Waals surface area contributed by atoms with Gasteiger partial charge in [0.05, 0.1) is 10.5 Å². The maximum absolute atomic E-state index is 12.6. The molecule has 2 aromatic carbocycles. The zero-order valence-corrected chi connectivity index (χ0v) is 14.0. The third-order valence-electron chi connectivity index (χ3n) is 3.18. The monoisotopic (exact) mass is 402 g/mol. The molecule has 11 heteroatoms. The van der Waals surface area contributed by atoms with Crippen molar-refractivity contribution in [1.82, 2.24) is 0 Å². The van der Waals surface area contributed by atoms with Crippen molar-refractivity contribution in [3.8, 4) is 0 Å². The van der Waals surface area contributed by atoms with Gasteiger partial charge in [-0.2, -0.15) is 13.2 Å². The number of nitrogens with one attached hydrogen (secondary N) is 1. The second-order valence-electron chi connectivity index (χ2n) is 5.12. The zero-order chi connectivity index (χ0) is 20.2. The number of rotatable bonds is 5. The molecule has 0 aliphatic rings. The number of carbonyl (C=O) groups excluding carboxylic acids is 2. The van der Waals surface area contributed by atoms with E-state index in [-0.39, 0.29) is 10.7 Å². The van der Waals surface area contributed by atoms with Crippen LogP contribution in [0.3, 0.4) is 0 Å². The van der Waals surface area contributed by atoms with Crippen LogP contribution in [-0.2, 0) is 15.7 Å². The molecule has 142 valence electrons. The van der Waals surface area contributed by atoms with Gasteiger partial charge in [-0.1, -0.05) is 17.7 Å². The molecule has 0 aromatic heterocycles. The van der Waals surface area contributed by atoms with E-state index >= 15 is 0 Å². The summed E-state index contributed by atoms with van der Waals surface area (Å²) in [6.07, 6.45) is -4.58. The molecule has 0 heterocycles. The lowest BCUT2D eigenvalue weighted by atomic mass is 10.2. The fourth-order valence-corrected chi connectivity index (χ4v) is 2.18. The molecule has 0 fully saturated rings. The van der Waals surface area contributed by atoms with Crippen LogP contribution in [0.1, 0.15) is 15.9 Å². The summed E-state index contributed by atoms with van der Waals surface area (Å²) in [6.45, 7) is -0.862. The molecule has 0 bridgehead atoms. The first-order chi connectivity index (χ1) is 12.6. The molecule has 2 rings (SSSR count). The summed E-state index contributed by atoms with van der Waals surface area (Å²) in [5, 5.41) is 13.1. The predicted molar refractivity (Wildman–Crippen MR) is 88.5 cm³/mol. The van der Waals surface area contributed by atoms with Gasteiger partial charge in [-0.3, -0.25) is 14.9 Å². The van der Waals surface area contributed by atoms with Crippen molar-refractivity contribution in [2.75, 3.05) is 11.9 Å². The Bertz CT molecular complexity index is 902. The van der Waals surface area contributed by atoms with E-state index in [0.29, 0.717) is 6.07 Å². The van der Waals surface area contributed by atoms with Crippen LogP contribution in [0.25, 0.3) is 0 Å². The highest BCUT2D eigenvalue weighted by molar-refractivity contribution is 6.31. The second kappa shape index (κ2) is 8.04. The fourth-order valence-electron chi connectivity index (χ4n) is 2.01. The van der Waals surface area contributed by atoms with Crippen LogP contribution in [0.15, 0.2) is 42.5 Å². The number of esters is 1. The van der Waals surface area contributed by atoms with Gasteiger partial charge in [0.1, 0.15) is 5.56 Å². The van der Waals surface area contributed by atoms with Crippen molar-refractivity contribution in [2.24, 2.45) is 0 Å². The first-order valence-electron chi connectivity index (χ1n) is 7.16. The normalized spacial score (nSPS) is 11.0. The van der Waals surface area contributed by atoms with Crippen molar-refractivity contribution < 1.29 is 32.4 Å².